The first-order valence-corrected chi connectivity index (χ1v) is 8.86. The zero-order chi connectivity index (χ0) is 18.1. The smallest absolute Gasteiger partial charge is 0.233 e. The van der Waals surface area contributed by atoms with E-state index < -0.39 is 0 Å². The minimum Gasteiger partial charge on any atom is -0.338 e. The minimum atomic E-state index is 0.294. The fourth-order valence-electron chi connectivity index (χ4n) is 2.80. The number of benzene rings is 2. The number of aryl methyl sites for hydroxylation is 3. The molecule has 3 aromatic rings. The van der Waals surface area contributed by atoms with Gasteiger partial charge in [0.2, 0.25) is 6.71 Å². The van der Waals surface area contributed by atoms with Crippen LogP contribution in [0.3, 0.4) is 0 Å². The maximum atomic E-state index is 3.99. The summed E-state index contributed by atoms with van der Waals surface area (Å²) < 4.78 is 1.97. The Morgan fingerprint density at radius 3 is 2.32 bits per heavy atom. The highest BCUT2D eigenvalue weighted by molar-refractivity contribution is 6.89. The van der Waals surface area contributed by atoms with Crippen LogP contribution in [-0.2, 0) is 13.5 Å². The lowest BCUT2D eigenvalue weighted by Gasteiger charge is -2.11. The third-order valence-electron chi connectivity index (χ3n) is 4.31. The van der Waals surface area contributed by atoms with Gasteiger partial charge in [-0.15, -0.1) is 12.6 Å². The van der Waals surface area contributed by atoms with Crippen LogP contribution in [0.1, 0.15) is 24.7 Å². The average molecular weight is 330 g/mol. The van der Waals surface area contributed by atoms with Crippen molar-refractivity contribution >= 4 is 17.6 Å². The molecule has 0 spiro atoms. The van der Waals surface area contributed by atoms with Crippen LogP contribution < -0.4 is 10.9 Å². The summed E-state index contributed by atoms with van der Waals surface area (Å²) in [5, 5.41) is 0. The van der Waals surface area contributed by atoms with E-state index in [-0.39, 0.29) is 0 Å². The summed E-state index contributed by atoms with van der Waals surface area (Å²) in [6, 6.07) is 19.4. The summed E-state index contributed by atoms with van der Waals surface area (Å²) in [5.74, 6) is 3.08. The van der Waals surface area contributed by atoms with E-state index in [0.29, 0.717) is 6.71 Å². The number of hydrogen-bond acceptors (Lipinski definition) is 1. The number of aromatic nitrogens is 2. The average Bonchev–Trinajstić information content (AvgIpc) is 3.01. The molecule has 0 amide bonds. The highest BCUT2D eigenvalue weighted by Crippen LogP contribution is 2.02. The molecule has 0 aliphatic rings. The second-order valence-electron chi connectivity index (χ2n) is 6.20. The second-order valence-corrected chi connectivity index (χ2v) is 6.20. The Kier molecular flexibility index (Phi) is 7.27. The van der Waals surface area contributed by atoms with E-state index in [1.165, 1.54) is 22.9 Å². The minimum absolute atomic E-state index is 0.294. The molecular formula is C22H27BN2. The summed E-state index contributed by atoms with van der Waals surface area (Å²) in [4.78, 5) is 3.98. The van der Waals surface area contributed by atoms with Gasteiger partial charge in [0.1, 0.15) is 5.82 Å². The Morgan fingerprint density at radius 2 is 1.80 bits per heavy atom. The molecule has 3 rings (SSSR count). The molecule has 2 aromatic carbocycles. The van der Waals surface area contributed by atoms with Gasteiger partial charge in [-0.05, 0) is 18.9 Å². The summed E-state index contributed by atoms with van der Waals surface area (Å²) in [6.45, 7) is 8.47. The van der Waals surface area contributed by atoms with Gasteiger partial charge >= 0.3 is 0 Å². The molecule has 2 nitrogen and oxygen atoms in total. The van der Waals surface area contributed by atoms with Crippen molar-refractivity contribution in [2.75, 3.05) is 0 Å². The Hall–Kier alpha value is -2.55. The summed E-state index contributed by atoms with van der Waals surface area (Å²) in [7, 11) is 1.97. The van der Waals surface area contributed by atoms with Gasteiger partial charge in [-0.3, -0.25) is 0 Å². The van der Waals surface area contributed by atoms with Crippen LogP contribution in [0, 0.1) is 6.92 Å². The van der Waals surface area contributed by atoms with Gasteiger partial charge in [0.25, 0.3) is 0 Å². The fourth-order valence-corrected chi connectivity index (χ4v) is 2.80. The van der Waals surface area contributed by atoms with E-state index in [4.69, 9.17) is 0 Å². The molecule has 0 saturated heterocycles. The van der Waals surface area contributed by atoms with E-state index in [0.717, 1.165) is 12.2 Å². The molecule has 25 heavy (non-hydrogen) atoms. The Morgan fingerprint density at radius 1 is 1.08 bits per heavy atom. The Balaban J connectivity index is 0.000000269. The van der Waals surface area contributed by atoms with Crippen molar-refractivity contribution in [3.8, 4) is 0 Å². The Labute approximate surface area is 152 Å². The maximum Gasteiger partial charge on any atom is 0.233 e. The van der Waals surface area contributed by atoms with Gasteiger partial charge in [0.15, 0.2) is 0 Å². The van der Waals surface area contributed by atoms with Gasteiger partial charge in [-0.2, -0.15) is 0 Å². The van der Waals surface area contributed by atoms with E-state index in [1.54, 1.807) is 6.20 Å². The van der Waals surface area contributed by atoms with Gasteiger partial charge in [-0.1, -0.05) is 78.9 Å². The zero-order valence-electron chi connectivity index (χ0n) is 15.5. The van der Waals surface area contributed by atoms with Crippen molar-refractivity contribution < 1.29 is 0 Å². The van der Waals surface area contributed by atoms with E-state index in [2.05, 4.69) is 73.1 Å². The van der Waals surface area contributed by atoms with Gasteiger partial charge in [0.05, 0.1) is 0 Å². The predicted octanol–water partition coefficient (Wildman–Crippen LogP) is 3.70. The molecule has 0 unspecified atom stereocenters. The first kappa shape index (κ1) is 18.8. The largest absolute Gasteiger partial charge is 0.338 e. The molecule has 3 heteroatoms. The summed E-state index contributed by atoms with van der Waals surface area (Å²) in [6.07, 6.45) is 6.05. The summed E-state index contributed by atoms with van der Waals surface area (Å²) in [5.41, 5.74) is 4.06. The highest BCUT2D eigenvalue weighted by Gasteiger charge is 2.14. The quantitative estimate of drug-likeness (QED) is 0.652. The van der Waals surface area contributed by atoms with Crippen molar-refractivity contribution in [2.24, 2.45) is 7.05 Å². The molecule has 0 saturated carbocycles. The van der Waals surface area contributed by atoms with Crippen molar-refractivity contribution in [3.63, 3.8) is 0 Å². The van der Waals surface area contributed by atoms with Crippen molar-refractivity contribution in [1.29, 1.82) is 0 Å². The molecule has 0 bridgehead atoms. The maximum absolute atomic E-state index is 3.99. The van der Waals surface area contributed by atoms with E-state index in [9.17, 15) is 0 Å². The van der Waals surface area contributed by atoms with Crippen LogP contribution in [0.25, 0.3) is 0 Å². The van der Waals surface area contributed by atoms with E-state index >= 15 is 0 Å². The van der Waals surface area contributed by atoms with Crippen LogP contribution in [0.4, 0.5) is 0 Å². The topological polar surface area (TPSA) is 17.8 Å². The predicted molar refractivity (Wildman–Crippen MR) is 110 cm³/mol. The van der Waals surface area contributed by atoms with Gasteiger partial charge < -0.3 is 4.57 Å². The number of hydrogen-bond donors (Lipinski definition) is 0. The SMILES string of the molecule is C=CB(c1ccccc1)c1cccc(CCC)c1.Cc1nccn1C. The summed E-state index contributed by atoms with van der Waals surface area (Å²) >= 11 is 0. The lowest BCUT2D eigenvalue weighted by Crippen LogP contribution is -2.40. The molecule has 0 aliphatic carbocycles. The van der Waals surface area contributed by atoms with Gasteiger partial charge in [-0.25, -0.2) is 4.98 Å². The first-order valence-electron chi connectivity index (χ1n) is 8.86. The normalized spacial score (nSPS) is 9.88. The van der Waals surface area contributed by atoms with Crippen molar-refractivity contribution in [3.05, 3.63) is 90.9 Å². The molecule has 1 heterocycles. The first-order chi connectivity index (χ1) is 12.2. The molecule has 0 radical (unpaired) electrons. The van der Waals surface area contributed by atoms with Crippen LogP contribution in [0.5, 0.6) is 0 Å². The van der Waals surface area contributed by atoms with Crippen LogP contribution in [-0.4, -0.2) is 16.3 Å². The molecular weight excluding hydrogens is 303 g/mol. The standard InChI is InChI=1S/C17H19B.C5H8N2/c1-3-9-15-10-8-13-17(14-15)18(4-2)16-11-6-5-7-12-16;1-5-6-3-4-7(5)2/h4-8,10-14H,2-3,9H2,1H3;3-4H,1-2H3. The van der Waals surface area contributed by atoms with Crippen LogP contribution >= 0.6 is 0 Å². The molecule has 128 valence electrons. The van der Waals surface area contributed by atoms with E-state index in [1.807, 2.05) is 30.7 Å². The van der Waals surface area contributed by atoms with Crippen molar-refractivity contribution in [2.45, 2.75) is 26.7 Å². The molecule has 0 aliphatic heterocycles. The number of imidazole rings is 1. The lowest BCUT2D eigenvalue weighted by molar-refractivity contribution is 0.858. The molecule has 0 atom stereocenters. The second kappa shape index (κ2) is 9.68. The van der Waals surface area contributed by atoms with Crippen LogP contribution in [0.2, 0.25) is 0 Å². The molecule has 1 aromatic heterocycles. The number of rotatable bonds is 5. The van der Waals surface area contributed by atoms with Crippen LogP contribution in [0.15, 0.2) is 79.5 Å². The van der Waals surface area contributed by atoms with Crippen molar-refractivity contribution in [1.82, 2.24) is 9.55 Å². The third-order valence-corrected chi connectivity index (χ3v) is 4.31. The monoisotopic (exact) mass is 330 g/mol. The zero-order valence-corrected chi connectivity index (χ0v) is 15.5. The highest BCUT2D eigenvalue weighted by atomic mass is 15.0. The third kappa shape index (κ3) is 5.49. The fraction of sp³-hybridized carbons (Fsp3) is 0.227. The van der Waals surface area contributed by atoms with Gasteiger partial charge in [0, 0.05) is 19.4 Å². The lowest BCUT2D eigenvalue weighted by atomic mass is 9.41. The number of nitrogens with zero attached hydrogens (tertiary/aromatic N) is 2. The molecule has 0 fully saturated rings. The molecule has 0 N–H and O–H groups in total. The Bertz CT molecular complexity index is 761.